The van der Waals surface area contributed by atoms with E-state index in [2.05, 4.69) is 4.90 Å². The lowest BCUT2D eigenvalue weighted by molar-refractivity contribution is -0.385. The highest BCUT2D eigenvalue weighted by Gasteiger charge is 2.31. The van der Waals surface area contributed by atoms with Crippen LogP contribution in [-0.4, -0.2) is 53.7 Å². The van der Waals surface area contributed by atoms with Gasteiger partial charge in [0.2, 0.25) is 10.0 Å². The van der Waals surface area contributed by atoms with E-state index >= 15 is 0 Å². The summed E-state index contributed by atoms with van der Waals surface area (Å²) in [5.74, 6) is 0. The summed E-state index contributed by atoms with van der Waals surface area (Å²) < 4.78 is 27.6. The number of nitro benzene ring substituents is 1. The maximum absolute atomic E-state index is 13.1. The summed E-state index contributed by atoms with van der Waals surface area (Å²) in [4.78, 5) is 17.4. The average molecular weight is 459 g/mol. The minimum absolute atomic E-state index is 0.00199. The Morgan fingerprint density at radius 2 is 1.81 bits per heavy atom. The number of thiazole rings is 1. The first-order chi connectivity index (χ1) is 14.8. The van der Waals surface area contributed by atoms with Crippen molar-refractivity contribution in [3.63, 3.8) is 0 Å². The van der Waals surface area contributed by atoms with Gasteiger partial charge in [-0.2, -0.15) is 4.31 Å². The van der Waals surface area contributed by atoms with Gasteiger partial charge in [-0.25, -0.2) is 13.4 Å². The fourth-order valence-corrected chi connectivity index (χ4v) is 6.05. The maximum atomic E-state index is 13.1. The lowest BCUT2D eigenvalue weighted by Crippen LogP contribution is -2.48. The number of hydrogen-bond donors (Lipinski definition) is 0. The second-order valence-corrected chi connectivity index (χ2v) is 10.2. The molecule has 4 rings (SSSR count). The van der Waals surface area contributed by atoms with Crippen molar-refractivity contribution in [2.24, 2.45) is 0 Å². The van der Waals surface area contributed by atoms with E-state index in [4.69, 9.17) is 4.98 Å². The minimum atomic E-state index is -3.79. The Kier molecular flexibility index (Phi) is 6.15. The van der Waals surface area contributed by atoms with Crippen molar-refractivity contribution in [1.29, 1.82) is 0 Å². The number of sulfonamides is 1. The molecule has 0 amide bonds. The zero-order chi connectivity index (χ0) is 22.0. The number of non-ortho nitro benzene ring substituents is 1. The lowest BCUT2D eigenvalue weighted by atomic mass is 10.2. The van der Waals surface area contributed by atoms with Crippen LogP contribution in [0.25, 0.3) is 10.6 Å². The van der Waals surface area contributed by atoms with Gasteiger partial charge in [-0.1, -0.05) is 36.4 Å². The van der Waals surface area contributed by atoms with Crippen LogP contribution >= 0.6 is 11.3 Å². The van der Waals surface area contributed by atoms with Gasteiger partial charge < -0.3 is 0 Å². The Balaban J connectivity index is 1.41. The molecule has 2 aromatic carbocycles. The largest absolute Gasteiger partial charge is 0.295 e. The van der Waals surface area contributed by atoms with Gasteiger partial charge in [0.15, 0.2) is 0 Å². The minimum Gasteiger partial charge on any atom is -0.295 e. The van der Waals surface area contributed by atoms with Crippen LogP contribution < -0.4 is 0 Å². The maximum Gasteiger partial charge on any atom is 0.270 e. The molecule has 31 heavy (non-hydrogen) atoms. The predicted octanol–water partition coefficient (Wildman–Crippen LogP) is 3.53. The molecule has 0 atom stereocenters. The second-order valence-electron chi connectivity index (χ2n) is 7.40. The molecule has 10 heteroatoms. The van der Waals surface area contributed by atoms with E-state index in [0.717, 1.165) is 22.3 Å². The Morgan fingerprint density at radius 1 is 1.10 bits per heavy atom. The zero-order valence-corrected chi connectivity index (χ0v) is 18.6. The summed E-state index contributed by atoms with van der Waals surface area (Å²) in [5.41, 5.74) is 2.33. The van der Waals surface area contributed by atoms with Crippen molar-refractivity contribution in [2.75, 3.05) is 26.2 Å². The normalized spacial score (nSPS) is 15.8. The number of aryl methyl sites for hydroxylation is 1. The Morgan fingerprint density at radius 3 is 2.48 bits per heavy atom. The smallest absolute Gasteiger partial charge is 0.270 e. The van der Waals surface area contributed by atoms with Gasteiger partial charge in [0, 0.05) is 55.8 Å². The third-order valence-electron chi connectivity index (χ3n) is 5.29. The summed E-state index contributed by atoms with van der Waals surface area (Å²) in [6, 6.07) is 14.0. The second kappa shape index (κ2) is 8.83. The molecule has 1 saturated heterocycles. The molecule has 1 fully saturated rings. The van der Waals surface area contributed by atoms with Crippen LogP contribution in [0.3, 0.4) is 0 Å². The van der Waals surface area contributed by atoms with Gasteiger partial charge in [0.25, 0.3) is 5.69 Å². The Hall–Kier alpha value is -2.66. The number of rotatable bonds is 6. The quantitative estimate of drug-likeness (QED) is 0.414. The van der Waals surface area contributed by atoms with Gasteiger partial charge in [-0.15, -0.1) is 11.3 Å². The van der Waals surface area contributed by atoms with E-state index in [0.29, 0.717) is 38.3 Å². The molecule has 0 spiro atoms. The number of piperazine rings is 1. The highest BCUT2D eigenvalue weighted by atomic mass is 32.2. The van der Waals surface area contributed by atoms with Crippen molar-refractivity contribution >= 4 is 27.0 Å². The monoisotopic (exact) mass is 458 g/mol. The highest BCUT2D eigenvalue weighted by molar-refractivity contribution is 7.89. The van der Waals surface area contributed by atoms with Crippen LogP contribution in [0.1, 0.15) is 11.3 Å². The van der Waals surface area contributed by atoms with Gasteiger partial charge in [-0.05, 0) is 12.5 Å². The molecule has 0 saturated carbocycles. The third-order valence-corrected chi connectivity index (χ3v) is 8.27. The molecule has 0 unspecified atom stereocenters. The number of aromatic nitrogens is 1. The summed E-state index contributed by atoms with van der Waals surface area (Å²) in [6.07, 6.45) is 0. The standard InChI is InChI=1S/C21H22N4O4S2/c1-16-7-8-19(25(26)27)13-20(16)31(28,29)24-11-9-23(10-12-24)14-18-15-30-21(22-18)17-5-3-2-4-6-17/h2-8,13,15H,9-12,14H2,1H3. The molecule has 0 radical (unpaired) electrons. The van der Waals surface area contributed by atoms with E-state index < -0.39 is 14.9 Å². The first-order valence-electron chi connectivity index (χ1n) is 9.82. The van der Waals surface area contributed by atoms with E-state index in [1.54, 1.807) is 18.3 Å². The van der Waals surface area contributed by atoms with Crippen LogP contribution in [0.2, 0.25) is 0 Å². The number of benzene rings is 2. The molecular formula is C21H22N4O4S2. The van der Waals surface area contributed by atoms with E-state index in [9.17, 15) is 18.5 Å². The molecule has 1 aromatic heterocycles. The lowest BCUT2D eigenvalue weighted by Gasteiger charge is -2.33. The number of nitrogens with zero attached hydrogens (tertiary/aromatic N) is 4. The number of hydrogen-bond acceptors (Lipinski definition) is 7. The van der Waals surface area contributed by atoms with Gasteiger partial charge >= 0.3 is 0 Å². The third kappa shape index (κ3) is 4.67. The average Bonchev–Trinajstić information content (AvgIpc) is 3.23. The van der Waals surface area contributed by atoms with Crippen LogP contribution in [0.15, 0.2) is 58.8 Å². The van der Waals surface area contributed by atoms with Crippen molar-refractivity contribution in [3.05, 3.63) is 75.3 Å². The predicted molar refractivity (Wildman–Crippen MR) is 119 cm³/mol. The van der Waals surface area contributed by atoms with E-state index in [1.165, 1.54) is 16.4 Å². The fourth-order valence-electron chi connectivity index (χ4n) is 3.57. The molecule has 8 nitrogen and oxygen atoms in total. The van der Waals surface area contributed by atoms with Crippen LogP contribution in [-0.2, 0) is 16.6 Å². The summed E-state index contributed by atoms with van der Waals surface area (Å²) in [5, 5.41) is 14.1. The topological polar surface area (TPSA) is 96.6 Å². The van der Waals surface area contributed by atoms with Gasteiger partial charge in [0.1, 0.15) is 5.01 Å². The Labute approximate surface area is 185 Å². The van der Waals surface area contributed by atoms with Gasteiger partial charge in [0.05, 0.1) is 15.5 Å². The van der Waals surface area contributed by atoms with Crippen molar-refractivity contribution in [3.8, 4) is 10.6 Å². The molecule has 0 bridgehead atoms. The van der Waals surface area contributed by atoms with Crippen LogP contribution in [0, 0.1) is 17.0 Å². The fraction of sp³-hybridized carbons (Fsp3) is 0.286. The summed E-state index contributed by atoms with van der Waals surface area (Å²) in [7, 11) is -3.79. The van der Waals surface area contributed by atoms with Crippen LogP contribution in [0.5, 0.6) is 0 Å². The Bertz CT molecular complexity index is 1190. The molecule has 1 aliphatic rings. The molecular weight excluding hydrogens is 436 g/mol. The van der Waals surface area contributed by atoms with Crippen molar-refractivity contribution < 1.29 is 13.3 Å². The zero-order valence-electron chi connectivity index (χ0n) is 17.0. The molecule has 0 N–H and O–H groups in total. The highest BCUT2D eigenvalue weighted by Crippen LogP contribution is 2.27. The van der Waals surface area contributed by atoms with E-state index in [1.807, 2.05) is 35.7 Å². The molecule has 0 aliphatic carbocycles. The first kappa shape index (κ1) is 21.6. The first-order valence-corrected chi connectivity index (χ1v) is 12.1. The van der Waals surface area contributed by atoms with Gasteiger partial charge in [-0.3, -0.25) is 15.0 Å². The summed E-state index contributed by atoms with van der Waals surface area (Å²) >= 11 is 1.60. The van der Waals surface area contributed by atoms with Crippen molar-refractivity contribution in [2.45, 2.75) is 18.4 Å². The van der Waals surface area contributed by atoms with E-state index in [-0.39, 0.29) is 10.6 Å². The SMILES string of the molecule is Cc1ccc([N+](=O)[O-])cc1S(=O)(=O)N1CCN(Cc2csc(-c3ccccc3)n2)CC1. The van der Waals surface area contributed by atoms with Crippen molar-refractivity contribution in [1.82, 2.24) is 14.2 Å². The molecule has 3 aromatic rings. The molecule has 162 valence electrons. The molecule has 1 aliphatic heterocycles. The van der Waals surface area contributed by atoms with Crippen LogP contribution in [0.4, 0.5) is 5.69 Å². The summed E-state index contributed by atoms with van der Waals surface area (Å²) in [6.45, 7) is 4.13. The molecule has 2 heterocycles. The number of nitro groups is 1.